The number of aryl methyl sites for hydroxylation is 1. The Bertz CT molecular complexity index is 385. The molecule has 1 saturated carbocycles. The van der Waals surface area contributed by atoms with Crippen LogP contribution >= 0.6 is 0 Å². The van der Waals surface area contributed by atoms with Gasteiger partial charge >= 0.3 is 0 Å². The third-order valence-corrected chi connectivity index (χ3v) is 3.25. The molecular weight excluding hydrogens is 220 g/mol. The highest BCUT2D eigenvalue weighted by atomic mass is 16.5. The second kappa shape index (κ2) is 4.45. The number of phenolic OH excluding ortho intramolecular Hbond substituents is 1. The van der Waals surface area contributed by atoms with Crippen molar-refractivity contribution < 1.29 is 19.7 Å². The summed E-state index contributed by atoms with van der Waals surface area (Å²) >= 11 is 0. The van der Waals surface area contributed by atoms with Crippen LogP contribution in [-0.4, -0.2) is 30.0 Å². The fourth-order valence-corrected chi connectivity index (χ4v) is 1.86. The van der Waals surface area contributed by atoms with E-state index in [0.29, 0.717) is 11.5 Å². The summed E-state index contributed by atoms with van der Waals surface area (Å²) < 4.78 is 10.2. The first-order valence-corrected chi connectivity index (χ1v) is 5.74. The Balaban J connectivity index is 2.15. The van der Waals surface area contributed by atoms with Crippen molar-refractivity contribution in [3.8, 4) is 17.2 Å². The molecule has 0 saturated heterocycles. The normalized spacial score (nSPS) is 16.6. The highest BCUT2D eigenvalue weighted by molar-refractivity contribution is 5.52. The molecule has 0 aromatic heterocycles. The summed E-state index contributed by atoms with van der Waals surface area (Å²) in [7, 11) is 3.01. The molecule has 1 fully saturated rings. The minimum Gasteiger partial charge on any atom is -0.502 e. The summed E-state index contributed by atoms with van der Waals surface area (Å²) in [6, 6.07) is 3.56. The van der Waals surface area contributed by atoms with Crippen molar-refractivity contribution in [2.24, 2.45) is 0 Å². The molecule has 0 heterocycles. The predicted octanol–water partition coefficient (Wildman–Crippen LogP) is 1.87. The lowest BCUT2D eigenvalue weighted by atomic mass is 10.0. The van der Waals surface area contributed by atoms with Crippen molar-refractivity contribution >= 4 is 0 Å². The van der Waals surface area contributed by atoms with Crippen LogP contribution in [-0.2, 0) is 6.42 Å². The molecule has 1 aromatic carbocycles. The number of hydrogen-bond acceptors (Lipinski definition) is 4. The molecular formula is C13H18O4. The molecule has 1 aliphatic rings. The second-order valence-electron chi connectivity index (χ2n) is 4.57. The maximum Gasteiger partial charge on any atom is 0.200 e. The first kappa shape index (κ1) is 12.0. The maximum atomic E-state index is 9.79. The Hall–Kier alpha value is -1.42. The van der Waals surface area contributed by atoms with E-state index in [9.17, 15) is 10.2 Å². The maximum absolute atomic E-state index is 9.79. The molecule has 1 aromatic rings. The summed E-state index contributed by atoms with van der Waals surface area (Å²) in [6.07, 6.45) is 3.27. The Kier molecular flexibility index (Phi) is 3.15. The zero-order valence-electron chi connectivity index (χ0n) is 10.2. The van der Waals surface area contributed by atoms with Crippen LogP contribution in [0.1, 0.15) is 24.8 Å². The molecule has 0 bridgehead atoms. The van der Waals surface area contributed by atoms with E-state index in [0.717, 1.165) is 31.2 Å². The van der Waals surface area contributed by atoms with Gasteiger partial charge in [-0.05, 0) is 43.4 Å². The molecule has 2 rings (SSSR count). The Morgan fingerprint density at radius 1 is 1.18 bits per heavy atom. The van der Waals surface area contributed by atoms with Crippen LogP contribution in [0.4, 0.5) is 0 Å². The summed E-state index contributed by atoms with van der Waals surface area (Å²) in [4.78, 5) is 0. The minimum atomic E-state index is -0.460. The highest BCUT2D eigenvalue weighted by Crippen LogP contribution is 2.41. The molecule has 1 aliphatic carbocycles. The van der Waals surface area contributed by atoms with Gasteiger partial charge in [-0.2, -0.15) is 0 Å². The molecule has 4 nitrogen and oxygen atoms in total. The molecule has 0 amide bonds. The third-order valence-electron chi connectivity index (χ3n) is 3.25. The molecule has 0 radical (unpaired) electrons. The molecule has 17 heavy (non-hydrogen) atoms. The summed E-state index contributed by atoms with van der Waals surface area (Å²) in [5.74, 6) is 0.827. The van der Waals surface area contributed by atoms with Gasteiger partial charge in [0.05, 0.1) is 19.8 Å². The number of ether oxygens (including phenoxy) is 2. The number of methoxy groups -OCH3 is 2. The van der Waals surface area contributed by atoms with Crippen LogP contribution in [0.5, 0.6) is 17.2 Å². The Morgan fingerprint density at radius 3 is 2.12 bits per heavy atom. The third kappa shape index (κ3) is 2.64. The number of aromatic hydroxyl groups is 1. The van der Waals surface area contributed by atoms with Gasteiger partial charge in [-0.15, -0.1) is 0 Å². The van der Waals surface area contributed by atoms with E-state index in [-0.39, 0.29) is 5.75 Å². The number of phenols is 1. The summed E-state index contributed by atoms with van der Waals surface area (Å²) in [5, 5.41) is 19.5. The summed E-state index contributed by atoms with van der Waals surface area (Å²) in [6.45, 7) is 0. The monoisotopic (exact) mass is 238 g/mol. The molecule has 0 atom stereocenters. The van der Waals surface area contributed by atoms with E-state index in [1.807, 2.05) is 0 Å². The molecule has 0 unspecified atom stereocenters. The van der Waals surface area contributed by atoms with Crippen LogP contribution in [0.15, 0.2) is 12.1 Å². The number of benzene rings is 1. The van der Waals surface area contributed by atoms with Gasteiger partial charge in [0.1, 0.15) is 0 Å². The predicted molar refractivity (Wildman–Crippen MR) is 63.7 cm³/mol. The van der Waals surface area contributed by atoms with Crippen molar-refractivity contribution in [1.82, 2.24) is 0 Å². The van der Waals surface area contributed by atoms with Crippen LogP contribution in [0, 0.1) is 0 Å². The minimum absolute atomic E-state index is 0.0175. The number of rotatable bonds is 5. The standard InChI is InChI=1S/C13H18O4/c1-16-10-7-9(3-4-13(15)5-6-13)8-11(17-2)12(10)14/h7-8,14-15H,3-6H2,1-2H3. The lowest BCUT2D eigenvalue weighted by Gasteiger charge is -2.12. The average Bonchev–Trinajstić information content (AvgIpc) is 3.06. The molecule has 4 heteroatoms. The van der Waals surface area contributed by atoms with Crippen molar-refractivity contribution in [2.45, 2.75) is 31.3 Å². The number of hydrogen-bond donors (Lipinski definition) is 2. The van der Waals surface area contributed by atoms with E-state index in [4.69, 9.17) is 9.47 Å². The molecule has 0 spiro atoms. The highest BCUT2D eigenvalue weighted by Gasteiger charge is 2.39. The van der Waals surface area contributed by atoms with E-state index < -0.39 is 5.60 Å². The lowest BCUT2D eigenvalue weighted by Crippen LogP contribution is -2.07. The molecule has 0 aliphatic heterocycles. The smallest absolute Gasteiger partial charge is 0.200 e. The van der Waals surface area contributed by atoms with Crippen LogP contribution < -0.4 is 9.47 Å². The average molecular weight is 238 g/mol. The van der Waals surface area contributed by atoms with Crippen molar-refractivity contribution in [2.75, 3.05) is 14.2 Å². The molecule has 94 valence electrons. The zero-order chi connectivity index (χ0) is 12.5. The van der Waals surface area contributed by atoms with E-state index in [2.05, 4.69) is 0 Å². The van der Waals surface area contributed by atoms with E-state index in [1.165, 1.54) is 14.2 Å². The van der Waals surface area contributed by atoms with Crippen molar-refractivity contribution in [3.63, 3.8) is 0 Å². The second-order valence-corrected chi connectivity index (χ2v) is 4.57. The lowest BCUT2D eigenvalue weighted by molar-refractivity contribution is 0.140. The van der Waals surface area contributed by atoms with Gasteiger partial charge in [0, 0.05) is 0 Å². The van der Waals surface area contributed by atoms with Crippen LogP contribution in [0.3, 0.4) is 0 Å². The summed E-state index contributed by atoms with van der Waals surface area (Å²) in [5.41, 5.74) is 0.537. The SMILES string of the molecule is COc1cc(CCC2(O)CC2)cc(OC)c1O. The van der Waals surface area contributed by atoms with Gasteiger partial charge in [-0.25, -0.2) is 0 Å². The largest absolute Gasteiger partial charge is 0.502 e. The van der Waals surface area contributed by atoms with Crippen molar-refractivity contribution in [3.05, 3.63) is 17.7 Å². The fraction of sp³-hybridized carbons (Fsp3) is 0.538. The first-order chi connectivity index (χ1) is 8.08. The van der Waals surface area contributed by atoms with E-state index >= 15 is 0 Å². The quantitative estimate of drug-likeness (QED) is 0.822. The van der Waals surface area contributed by atoms with Gasteiger partial charge in [-0.3, -0.25) is 0 Å². The van der Waals surface area contributed by atoms with Crippen molar-refractivity contribution in [1.29, 1.82) is 0 Å². The van der Waals surface area contributed by atoms with Gasteiger partial charge in [0.15, 0.2) is 11.5 Å². The zero-order valence-corrected chi connectivity index (χ0v) is 10.2. The van der Waals surface area contributed by atoms with Crippen LogP contribution in [0.2, 0.25) is 0 Å². The van der Waals surface area contributed by atoms with Gasteiger partial charge < -0.3 is 19.7 Å². The Morgan fingerprint density at radius 2 is 1.71 bits per heavy atom. The topological polar surface area (TPSA) is 58.9 Å². The van der Waals surface area contributed by atoms with Crippen LogP contribution in [0.25, 0.3) is 0 Å². The Labute approximate surface area is 101 Å². The van der Waals surface area contributed by atoms with E-state index in [1.54, 1.807) is 12.1 Å². The first-order valence-electron chi connectivity index (χ1n) is 5.74. The number of aliphatic hydroxyl groups is 1. The van der Waals surface area contributed by atoms with Gasteiger partial charge in [0.25, 0.3) is 0 Å². The van der Waals surface area contributed by atoms with Gasteiger partial charge in [-0.1, -0.05) is 0 Å². The fourth-order valence-electron chi connectivity index (χ4n) is 1.86. The molecule has 2 N–H and O–H groups in total. The van der Waals surface area contributed by atoms with Gasteiger partial charge in [0.2, 0.25) is 5.75 Å².